The Morgan fingerprint density at radius 1 is 1.00 bits per heavy atom. The molecule has 0 atom stereocenters. The summed E-state index contributed by atoms with van der Waals surface area (Å²) in [4.78, 5) is 12.5. The molecule has 10 heteroatoms. The third kappa shape index (κ3) is 5.66. The maximum Gasteiger partial charge on any atom is 0.250 e. The molecular formula is C26H26N6O3S. The topological polar surface area (TPSA) is 117 Å². The molecule has 184 valence electrons. The normalized spacial score (nSPS) is 11.2. The highest BCUT2D eigenvalue weighted by Crippen LogP contribution is 2.34. The second-order valence-corrected chi connectivity index (χ2v) is 8.63. The molecule has 9 nitrogen and oxygen atoms in total. The lowest BCUT2D eigenvalue weighted by molar-refractivity contribution is -0.118. The number of hydrazone groups is 1. The summed E-state index contributed by atoms with van der Waals surface area (Å²) in [6, 6.07) is 22.6. The first-order valence-electron chi connectivity index (χ1n) is 11.0. The third-order valence-corrected chi connectivity index (χ3v) is 6.23. The van der Waals surface area contributed by atoms with Crippen molar-refractivity contribution < 1.29 is 14.3 Å². The third-order valence-electron chi connectivity index (χ3n) is 5.30. The van der Waals surface area contributed by atoms with Crippen molar-refractivity contribution in [2.24, 2.45) is 5.10 Å². The fraction of sp³-hybridized carbons (Fsp3) is 0.154. The molecule has 4 rings (SSSR count). The number of thioether (sulfide) groups is 1. The number of carbonyl (C=O) groups is 1. The number of hydrogen-bond acceptors (Lipinski definition) is 8. The Bertz CT molecular complexity index is 1370. The zero-order valence-electron chi connectivity index (χ0n) is 20.1. The molecule has 0 bridgehead atoms. The monoisotopic (exact) mass is 502 g/mol. The van der Waals surface area contributed by atoms with Crippen molar-refractivity contribution in [3.05, 3.63) is 78.4 Å². The first kappa shape index (κ1) is 24.8. The van der Waals surface area contributed by atoms with E-state index in [9.17, 15) is 4.79 Å². The number of nitrogens with two attached hydrogens (primary N) is 1. The number of nitrogens with one attached hydrogen (secondary N) is 1. The van der Waals surface area contributed by atoms with E-state index in [0.29, 0.717) is 33.9 Å². The van der Waals surface area contributed by atoms with Gasteiger partial charge >= 0.3 is 0 Å². The summed E-state index contributed by atoms with van der Waals surface area (Å²) in [5.41, 5.74) is 12.2. The van der Waals surface area contributed by atoms with Gasteiger partial charge in [0, 0.05) is 16.9 Å². The number of nitrogens with zero attached hydrogens (tertiary/aromatic N) is 4. The second kappa shape index (κ2) is 11.4. The van der Waals surface area contributed by atoms with Crippen molar-refractivity contribution in [1.29, 1.82) is 0 Å². The largest absolute Gasteiger partial charge is 0.493 e. The summed E-state index contributed by atoms with van der Waals surface area (Å²) in [6.45, 7) is 1.82. The Kier molecular flexibility index (Phi) is 7.86. The van der Waals surface area contributed by atoms with Crippen molar-refractivity contribution in [2.75, 3.05) is 25.7 Å². The Morgan fingerprint density at radius 3 is 2.42 bits per heavy atom. The average molecular weight is 503 g/mol. The lowest BCUT2D eigenvalue weighted by atomic mass is 10.1. The van der Waals surface area contributed by atoms with Gasteiger partial charge in [0.15, 0.2) is 22.5 Å². The van der Waals surface area contributed by atoms with Gasteiger partial charge in [0.05, 0.1) is 25.7 Å². The summed E-state index contributed by atoms with van der Waals surface area (Å²) in [5.74, 6) is 1.66. The van der Waals surface area contributed by atoms with Gasteiger partial charge in [-0.3, -0.25) is 9.36 Å². The minimum atomic E-state index is -0.259. The minimum Gasteiger partial charge on any atom is -0.493 e. The number of benzene rings is 3. The lowest BCUT2D eigenvalue weighted by Gasteiger charge is -2.12. The van der Waals surface area contributed by atoms with Crippen molar-refractivity contribution in [3.8, 4) is 28.6 Å². The molecule has 4 aromatic rings. The van der Waals surface area contributed by atoms with Crippen LogP contribution in [-0.2, 0) is 4.79 Å². The highest BCUT2D eigenvalue weighted by atomic mass is 32.2. The van der Waals surface area contributed by atoms with Crippen LogP contribution in [0.25, 0.3) is 17.1 Å². The highest BCUT2D eigenvalue weighted by Gasteiger charge is 2.18. The van der Waals surface area contributed by atoms with E-state index in [-0.39, 0.29) is 11.7 Å². The van der Waals surface area contributed by atoms with Gasteiger partial charge in [-0.1, -0.05) is 42.1 Å². The predicted molar refractivity (Wildman–Crippen MR) is 142 cm³/mol. The molecule has 0 unspecified atom stereocenters. The van der Waals surface area contributed by atoms with Crippen LogP contribution in [0, 0.1) is 0 Å². The summed E-state index contributed by atoms with van der Waals surface area (Å²) in [5, 5.41) is 13.6. The number of amides is 1. The van der Waals surface area contributed by atoms with E-state index in [1.165, 1.54) is 11.8 Å². The first-order valence-corrected chi connectivity index (χ1v) is 12.0. The van der Waals surface area contributed by atoms with Crippen molar-refractivity contribution >= 4 is 29.1 Å². The molecule has 0 aliphatic rings. The molecule has 3 N–H and O–H groups in total. The van der Waals surface area contributed by atoms with Gasteiger partial charge in [-0.05, 0) is 55.0 Å². The molecule has 1 amide bonds. The fourth-order valence-corrected chi connectivity index (χ4v) is 4.18. The molecular weight excluding hydrogens is 476 g/mol. The second-order valence-electron chi connectivity index (χ2n) is 7.69. The van der Waals surface area contributed by atoms with Gasteiger partial charge in [0.1, 0.15) is 0 Å². The number of ether oxygens (including phenoxy) is 2. The Labute approximate surface area is 213 Å². The molecule has 0 aliphatic heterocycles. The van der Waals surface area contributed by atoms with Crippen LogP contribution >= 0.6 is 11.8 Å². The van der Waals surface area contributed by atoms with Crippen molar-refractivity contribution in [3.63, 3.8) is 0 Å². The SMILES string of the molecule is COc1ccc(-c2nnc(SCC(=O)NN=C(C)c3ccc(N)cc3)n2-c2ccccc2)cc1OC. The molecule has 36 heavy (non-hydrogen) atoms. The number of rotatable bonds is 9. The van der Waals surface area contributed by atoms with Crippen molar-refractivity contribution in [2.45, 2.75) is 12.1 Å². The molecule has 0 aliphatic carbocycles. The molecule has 0 fully saturated rings. The van der Waals surface area contributed by atoms with E-state index < -0.39 is 0 Å². The van der Waals surface area contributed by atoms with Gasteiger partial charge in [-0.2, -0.15) is 5.10 Å². The van der Waals surface area contributed by atoms with Gasteiger partial charge in [0.2, 0.25) is 0 Å². The standard InChI is InChI=1S/C26H26N6O3S/c1-17(18-9-12-20(27)13-10-18)28-29-24(33)16-36-26-31-30-25(32(26)21-7-5-4-6-8-21)19-11-14-22(34-2)23(15-19)35-3/h4-15H,16,27H2,1-3H3,(H,29,33). The van der Waals surface area contributed by atoms with Crippen LogP contribution in [0.1, 0.15) is 12.5 Å². The molecule has 0 radical (unpaired) electrons. The molecule has 0 saturated heterocycles. The van der Waals surface area contributed by atoms with Gasteiger partial charge in [-0.25, -0.2) is 5.43 Å². The molecule has 0 spiro atoms. The summed E-state index contributed by atoms with van der Waals surface area (Å²) in [7, 11) is 3.17. The Morgan fingerprint density at radius 2 is 1.72 bits per heavy atom. The summed E-state index contributed by atoms with van der Waals surface area (Å²) in [6.07, 6.45) is 0. The Balaban J connectivity index is 1.55. The van der Waals surface area contributed by atoms with Crippen LogP contribution in [0.15, 0.2) is 83.1 Å². The first-order chi connectivity index (χ1) is 17.5. The van der Waals surface area contributed by atoms with E-state index >= 15 is 0 Å². The minimum absolute atomic E-state index is 0.107. The molecule has 1 aromatic heterocycles. The maximum absolute atomic E-state index is 12.5. The number of carbonyl (C=O) groups excluding carboxylic acids is 1. The molecule has 0 saturated carbocycles. The van der Waals surface area contributed by atoms with Crippen LogP contribution in [0.4, 0.5) is 5.69 Å². The molecule has 3 aromatic carbocycles. The van der Waals surface area contributed by atoms with E-state index in [0.717, 1.165) is 16.8 Å². The van der Waals surface area contributed by atoms with E-state index in [4.69, 9.17) is 15.2 Å². The van der Waals surface area contributed by atoms with Gasteiger partial charge in [0.25, 0.3) is 5.91 Å². The van der Waals surface area contributed by atoms with Crippen LogP contribution < -0.4 is 20.6 Å². The van der Waals surface area contributed by atoms with Crippen molar-refractivity contribution in [1.82, 2.24) is 20.2 Å². The zero-order valence-corrected chi connectivity index (χ0v) is 21.0. The van der Waals surface area contributed by atoms with E-state index in [1.807, 2.05) is 72.2 Å². The summed E-state index contributed by atoms with van der Waals surface area (Å²) >= 11 is 1.27. The van der Waals surface area contributed by atoms with Crippen LogP contribution in [0.2, 0.25) is 0 Å². The van der Waals surface area contributed by atoms with Crippen LogP contribution in [-0.4, -0.2) is 46.4 Å². The predicted octanol–water partition coefficient (Wildman–Crippen LogP) is 4.17. The lowest BCUT2D eigenvalue weighted by Crippen LogP contribution is -2.21. The Hall–Kier alpha value is -4.31. The highest BCUT2D eigenvalue weighted by molar-refractivity contribution is 7.99. The summed E-state index contributed by atoms with van der Waals surface area (Å²) < 4.78 is 12.7. The zero-order chi connectivity index (χ0) is 25.5. The number of aromatic nitrogens is 3. The number of anilines is 1. The smallest absolute Gasteiger partial charge is 0.250 e. The van der Waals surface area contributed by atoms with E-state index in [2.05, 4.69) is 20.7 Å². The number of methoxy groups -OCH3 is 2. The average Bonchev–Trinajstić information content (AvgIpc) is 3.35. The maximum atomic E-state index is 12.5. The quantitative estimate of drug-likeness (QED) is 0.153. The van der Waals surface area contributed by atoms with Gasteiger partial charge in [-0.15, -0.1) is 10.2 Å². The van der Waals surface area contributed by atoms with Crippen LogP contribution in [0.5, 0.6) is 11.5 Å². The number of hydrogen-bond donors (Lipinski definition) is 2. The van der Waals surface area contributed by atoms with Gasteiger partial charge < -0.3 is 15.2 Å². The van der Waals surface area contributed by atoms with Crippen LogP contribution in [0.3, 0.4) is 0 Å². The number of nitrogen functional groups attached to an aromatic ring is 1. The number of para-hydroxylation sites is 1. The molecule has 1 heterocycles. The van der Waals surface area contributed by atoms with E-state index in [1.54, 1.807) is 26.4 Å². The fourth-order valence-electron chi connectivity index (χ4n) is 3.43.